The van der Waals surface area contributed by atoms with E-state index >= 15 is 0 Å². The molecule has 4 amide bonds. The Morgan fingerprint density at radius 2 is 1.64 bits per heavy atom. The fourth-order valence-electron chi connectivity index (χ4n) is 4.78. The Morgan fingerprint density at radius 1 is 0.846 bits per heavy atom. The predicted octanol–water partition coefficient (Wildman–Crippen LogP) is 6.02. The number of hydrogen-bond acceptors (Lipinski definition) is 5. The van der Waals surface area contributed by atoms with Gasteiger partial charge in [0.15, 0.2) is 11.5 Å². The van der Waals surface area contributed by atoms with E-state index in [0.717, 1.165) is 37.9 Å². The van der Waals surface area contributed by atoms with Crippen molar-refractivity contribution in [1.29, 1.82) is 0 Å². The lowest BCUT2D eigenvalue weighted by molar-refractivity contribution is -0.122. The lowest BCUT2D eigenvalue weighted by Gasteiger charge is -2.27. The summed E-state index contributed by atoms with van der Waals surface area (Å²) in [4.78, 5) is 39.6. The number of rotatable bonds is 6. The van der Waals surface area contributed by atoms with Crippen LogP contribution in [-0.2, 0) is 16.2 Å². The summed E-state index contributed by atoms with van der Waals surface area (Å²) in [6.07, 6.45) is 1.45. The van der Waals surface area contributed by atoms with Crippen molar-refractivity contribution in [2.75, 3.05) is 12.0 Å². The Bertz CT molecular complexity index is 1670. The van der Waals surface area contributed by atoms with Gasteiger partial charge in [-0.25, -0.2) is 9.69 Å². The normalized spacial score (nSPS) is 14.6. The molecule has 1 aliphatic heterocycles. The fraction of sp³-hybridized carbons (Fsp3) is 0.156. The number of methoxy groups -OCH3 is 1. The maximum Gasteiger partial charge on any atom is 0.335 e. The van der Waals surface area contributed by atoms with Crippen molar-refractivity contribution in [2.45, 2.75) is 27.4 Å². The van der Waals surface area contributed by atoms with Crippen LogP contribution in [0, 0.1) is 20.8 Å². The molecule has 5 rings (SSSR count). The van der Waals surface area contributed by atoms with Crippen molar-refractivity contribution in [3.05, 3.63) is 106 Å². The molecule has 1 fully saturated rings. The standard InChI is InChI=1S/C32H28N2O5/c1-19-9-13-27(21(3)15-19)34-31(36)25(30(35)33-32(34)37)16-22-11-14-28(29(17-22)38-4)39-18-26-20(2)10-12-23-7-5-6-8-24(23)26/h5-17H,18H2,1-4H3,(H,33,35,37)/b25-16+. The van der Waals surface area contributed by atoms with E-state index in [1.165, 1.54) is 13.2 Å². The summed E-state index contributed by atoms with van der Waals surface area (Å²) in [5.74, 6) is -0.468. The van der Waals surface area contributed by atoms with Crippen LogP contribution in [0.25, 0.3) is 16.8 Å². The Morgan fingerprint density at radius 3 is 2.41 bits per heavy atom. The molecular weight excluding hydrogens is 492 g/mol. The van der Waals surface area contributed by atoms with Gasteiger partial charge in [-0.2, -0.15) is 0 Å². The van der Waals surface area contributed by atoms with E-state index in [2.05, 4.69) is 36.5 Å². The number of hydrogen-bond donors (Lipinski definition) is 1. The highest BCUT2D eigenvalue weighted by atomic mass is 16.5. The number of carbonyl (C=O) groups excluding carboxylic acids is 3. The Balaban J connectivity index is 1.43. The van der Waals surface area contributed by atoms with E-state index in [1.54, 1.807) is 24.3 Å². The van der Waals surface area contributed by atoms with Crippen LogP contribution in [0.15, 0.2) is 78.4 Å². The maximum atomic E-state index is 13.3. The van der Waals surface area contributed by atoms with E-state index < -0.39 is 17.8 Å². The number of nitrogens with one attached hydrogen (secondary N) is 1. The van der Waals surface area contributed by atoms with Gasteiger partial charge < -0.3 is 9.47 Å². The smallest absolute Gasteiger partial charge is 0.335 e. The van der Waals surface area contributed by atoms with E-state index in [4.69, 9.17) is 9.47 Å². The molecule has 7 heteroatoms. The summed E-state index contributed by atoms with van der Waals surface area (Å²) < 4.78 is 11.7. The Labute approximate surface area is 226 Å². The molecule has 0 saturated carbocycles. The average molecular weight is 521 g/mol. The molecule has 39 heavy (non-hydrogen) atoms. The molecule has 1 N–H and O–H groups in total. The number of benzene rings is 4. The van der Waals surface area contributed by atoms with Gasteiger partial charge in [-0.05, 0) is 72.5 Å². The van der Waals surface area contributed by atoms with Gasteiger partial charge in [-0.3, -0.25) is 14.9 Å². The van der Waals surface area contributed by atoms with Gasteiger partial charge in [-0.15, -0.1) is 0 Å². The minimum absolute atomic E-state index is 0.156. The summed E-state index contributed by atoms with van der Waals surface area (Å²) in [6, 6.07) is 22.1. The minimum atomic E-state index is -0.779. The number of aryl methyl sites for hydroxylation is 3. The first-order chi connectivity index (χ1) is 18.8. The Kier molecular flexibility index (Phi) is 6.90. The van der Waals surface area contributed by atoms with Crippen LogP contribution in [0.4, 0.5) is 10.5 Å². The quantitative estimate of drug-likeness (QED) is 0.248. The zero-order valence-corrected chi connectivity index (χ0v) is 22.2. The minimum Gasteiger partial charge on any atom is -0.493 e. The zero-order chi connectivity index (χ0) is 27.7. The monoisotopic (exact) mass is 520 g/mol. The van der Waals surface area contributed by atoms with Gasteiger partial charge in [-0.1, -0.05) is 60.2 Å². The van der Waals surface area contributed by atoms with Gasteiger partial charge in [0.25, 0.3) is 11.8 Å². The maximum absolute atomic E-state index is 13.3. The highest BCUT2D eigenvalue weighted by molar-refractivity contribution is 6.39. The van der Waals surface area contributed by atoms with Crippen LogP contribution in [-0.4, -0.2) is 25.0 Å². The lowest BCUT2D eigenvalue weighted by atomic mass is 10.0. The second-order valence-electron chi connectivity index (χ2n) is 9.53. The van der Waals surface area contributed by atoms with Gasteiger partial charge in [0.05, 0.1) is 12.8 Å². The Hall–Kier alpha value is -4.91. The summed E-state index contributed by atoms with van der Waals surface area (Å²) >= 11 is 0. The molecule has 4 aromatic rings. The molecule has 7 nitrogen and oxygen atoms in total. The highest BCUT2D eigenvalue weighted by Crippen LogP contribution is 2.32. The van der Waals surface area contributed by atoms with E-state index in [1.807, 2.05) is 38.1 Å². The number of imide groups is 2. The van der Waals surface area contributed by atoms with Gasteiger partial charge in [0.2, 0.25) is 0 Å². The van der Waals surface area contributed by atoms with Gasteiger partial charge >= 0.3 is 6.03 Å². The van der Waals surface area contributed by atoms with Crippen LogP contribution >= 0.6 is 0 Å². The second kappa shape index (κ2) is 10.5. The summed E-state index contributed by atoms with van der Waals surface area (Å²) in [5, 5.41) is 4.54. The van der Waals surface area contributed by atoms with E-state index in [-0.39, 0.29) is 5.57 Å². The predicted molar refractivity (Wildman–Crippen MR) is 151 cm³/mol. The summed E-state index contributed by atoms with van der Waals surface area (Å²) in [6.45, 7) is 6.13. The third kappa shape index (κ3) is 4.99. The van der Waals surface area contributed by atoms with E-state index in [9.17, 15) is 14.4 Å². The van der Waals surface area contributed by atoms with Crippen LogP contribution in [0.2, 0.25) is 0 Å². The molecule has 0 atom stereocenters. The molecule has 0 radical (unpaired) electrons. The molecule has 0 spiro atoms. The number of fused-ring (bicyclic) bond motifs is 1. The molecule has 0 aliphatic carbocycles. The van der Waals surface area contributed by atoms with Crippen molar-refractivity contribution in [3.8, 4) is 11.5 Å². The number of barbiturate groups is 1. The number of carbonyl (C=O) groups is 3. The molecule has 0 unspecified atom stereocenters. The summed E-state index contributed by atoms with van der Waals surface area (Å²) in [7, 11) is 1.53. The molecule has 0 bridgehead atoms. The van der Waals surface area contributed by atoms with Crippen LogP contribution in [0.3, 0.4) is 0 Å². The molecule has 196 valence electrons. The van der Waals surface area contributed by atoms with Crippen LogP contribution in [0.5, 0.6) is 11.5 Å². The first-order valence-corrected chi connectivity index (χ1v) is 12.5. The number of ether oxygens (including phenoxy) is 2. The van der Waals surface area contributed by atoms with Crippen LogP contribution < -0.4 is 19.7 Å². The van der Waals surface area contributed by atoms with E-state index in [0.29, 0.717) is 29.4 Å². The van der Waals surface area contributed by atoms with Crippen molar-refractivity contribution >= 4 is 40.4 Å². The molecular formula is C32H28N2O5. The molecule has 0 aromatic heterocycles. The number of urea groups is 1. The van der Waals surface area contributed by atoms with Crippen molar-refractivity contribution in [3.63, 3.8) is 0 Å². The lowest BCUT2D eigenvalue weighted by Crippen LogP contribution is -2.54. The van der Waals surface area contributed by atoms with Crippen molar-refractivity contribution in [2.24, 2.45) is 0 Å². The topological polar surface area (TPSA) is 84.9 Å². The molecule has 1 saturated heterocycles. The largest absolute Gasteiger partial charge is 0.493 e. The summed E-state index contributed by atoms with van der Waals surface area (Å²) in [5.41, 5.74) is 4.77. The number of amides is 4. The third-order valence-corrected chi connectivity index (χ3v) is 6.84. The molecule has 1 aliphatic rings. The number of anilines is 1. The fourth-order valence-corrected chi connectivity index (χ4v) is 4.78. The average Bonchev–Trinajstić information content (AvgIpc) is 2.92. The van der Waals surface area contributed by atoms with Crippen LogP contribution in [0.1, 0.15) is 27.8 Å². The first kappa shape index (κ1) is 25.7. The number of nitrogens with zero attached hydrogens (tertiary/aromatic N) is 1. The first-order valence-electron chi connectivity index (χ1n) is 12.5. The zero-order valence-electron chi connectivity index (χ0n) is 22.2. The van der Waals surface area contributed by atoms with Crippen molar-refractivity contribution < 1.29 is 23.9 Å². The third-order valence-electron chi connectivity index (χ3n) is 6.84. The highest BCUT2D eigenvalue weighted by Gasteiger charge is 2.37. The molecule has 1 heterocycles. The van der Waals surface area contributed by atoms with Crippen molar-refractivity contribution in [1.82, 2.24) is 5.32 Å². The second-order valence-corrected chi connectivity index (χ2v) is 9.53. The van der Waals surface area contributed by atoms with Gasteiger partial charge in [0, 0.05) is 5.56 Å². The van der Waals surface area contributed by atoms with Gasteiger partial charge in [0.1, 0.15) is 12.2 Å². The SMILES string of the molecule is COc1cc(/C=C2\C(=O)NC(=O)N(c3ccc(C)cc3C)C2=O)ccc1OCc1c(C)ccc2ccccc12. The molecule has 4 aromatic carbocycles.